The number of carbonyl (C=O) groups excluding carboxylic acids is 2. The maximum atomic E-state index is 14.3. The minimum atomic E-state index is -4.23. The van der Waals surface area contributed by atoms with E-state index in [1.54, 1.807) is 79.7 Å². The summed E-state index contributed by atoms with van der Waals surface area (Å²) in [5, 5.41) is 3.60. The number of carbonyl (C=O) groups is 2. The highest BCUT2D eigenvalue weighted by Gasteiger charge is 2.34. The molecule has 0 spiro atoms. The standard InChI is InChI=1S/C35H37Cl2N3O5S/c1-4-25(3)38-35(42)33(5-2)39(23-30-31(36)17-12-18-32(30)37)34(41)24-40(46(43,44)29-15-10-7-11-16-29)26-19-21-28(22-20-26)45-27-13-8-6-9-14-27/h6-22,25,33H,4-5,23-24H2,1-3H3,(H,38,42)/t25-,33-/m1/s1. The van der Waals surface area contributed by atoms with Crippen molar-refractivity contribution in [2.24, 2.45) is 0 Å². The van der Waals surface area contributed by atoms with Gasteiger partial charge in [0.1, 0.15) is 24.1 Å². The Kier molecular flexibility index (Phi) is 12.1. The molecular formula is C35H37Cl2N3O5S. The van der Waals surface area contributed by atoms with Crippen LogP contribution in [0, 0.1) is 0 Å². The molecule has 242 valence electrons. The van der Waals surface area contributed by atoms with Gasteiger partial charge in [0.2, 0.25) is 11.8 Å². The third-order valence-electron chi connectivity index (χ3n) is 7.49. The Morgan fingerprint density at radius 3 is 1.91 bits per heavy atom. The van der Waals surface area contributed by atoms with Crippen LogP contribution in [0.3, 0.4) is 0 Å². The van der Waals surface area contributed by atoms with Crippen molar-refractivity contribution in [2.45, 2.75) is 57.1 Å². The fraction of sp³-hybridized carbons (Fsp3) is 0.257. The highest BCUT2D eigenvalue weighted by Crippen LogP contribution is 2.30. The monoisotopic (exact) mass is 681 g/mol. The highest BCUT2D eigenvalue weighted by atomic mass is 35.5. The number of para-hydroxylation sites is 1. The number of ether oxygens (including phenoxy) is 1. The van der Waals surface area contributed by atoms with Crippen LogP contribution in [0.4, 0.5) is 5.69 Å². The van der Waals surface area contributed by atoms with E-state index in [2.05, 4.69) is 5.32 Å². The van der Waals surface area contributed by atoms with Crippen LogP contribution in [-0.4, -0.2) is 43.8 Å². The van der Waals surface area contributed by atoms with Crippen LogP contribution < -0.4 is 14.4 Å². The lowest BCUT2D eigenvalue weighted by molar-refractivity contribution is -0.140. The molecule has 2 amide bonds. The number of amides is 2. The molecule has 4 rings (SSSR count). The summed E-state index contributed by atoms with van der Waals surface area (Å²) in [5.41, 5.74) is 0.694. The summed E-state index contributed by atoms with van der Waals surface area (Å²) >= 11 is 13.0. The smallest absolute Gasteiger partial charge is 0.264 e. The maximum Gasteiger partial charge on any atom is 0.264 e. The van der Waals surface area contributed by atoms with Crippen LogP contribution in [0.25, 0.3) is 0 Å². The Morgan fingerprint density at radius 1 is 0.783 bits per heavy atom. The summed E-state index contributed by atoms with van der Waals surface area (Å²) in [6.45, 7) is 4.92. The van der Waals surface area contributed by atoms with Crippen LogP contribution in [0.2, 0.25) is 10.0 Å². The van der Waals surface area contributed by atoms with E-state index < -0.39 is 28.5 Å². The zero-order chi connectivity index (χ0) is 33.3. The van der Waals surface area contributed by atoms with E-state index in [9.17, 15) is 18.0 Å². The van der Waals surface area contributed by atoms with Gasteiger partial charge in [0, 0.05) is 28.2 Å². The molecule has 0 heterocycles. The molecule has 0 aliphatic rings. The second-order valence-corrected chi connectivity index (χ2v) is 13.4. The van der Waals surface area contributed by atoms with Gasteiger partial charge < -0.3 is 15.0 Å². The van der Waals surface area contributed by atoms with E-state index in [1.165, 1.54) is 17.0 Å². The number of halogens is 2. The summed E-state index contributed by atoms with van der Waals surface area (Å²) in [7, 11) is -4.23. The Balaban J connectivity index is 1.74. The van der Waals surface area contributed by atoms with E-state index in [0.717, 1.165) is 4.31 Å². The number of sulfonamides is 1. The Morgan fingerprint density at radius 2 is 1.35 bits per heavy atom. The molecular weight excluding hydrogens is 645 g/mol. The predicted molar refractivity (Wildman–Crippen MR) is 183 cm³/mol. The van der Waals surface area contributed by atoms with Crippen LogP contribution >= 0.6 is 23.2 Å². The Hall–Kier alpha value is -4.05. The van der Waals surface area contributed by atoms with Crippen LogP contribution in [0.1, 0.15) is 39.2 Å². The molecule has 0 saturated heterocycles. The van der Waals surface area contributed by atoms with E-state index >= 15 is 0 Å². The first-order chi connectivity index (χ1) is 22.0. The van der Waals surface area contributed by atoms with Crippen molar-refractivity contribution in [3.63, 3.8) is 0 Å². The van der Waals surface area contributed by atoms with Gasteiger partial charge in [-0.3, -0.25) is 13.9 Å². The fourth-order valence-electron chi connectivity index (χ4n) is 4.77. The molecule has 8 nitrogen and oxygen atoms in total. The first kappa shape index (κ1) is 34.8. The number of nitrogens with one attached hydrogen (secondary N) is 1. The molecule has 4 aromatic rings. The van der Waals surface area contributed by atoms with E-state index in [-0.39, 0.29) is 35.5 Å². The lowest BCUT2D eigenvalue weighted by Gasteiger charge is -2.34. The van der Waals surface area contributed by atoms with Gasteiger partial charge in [0.25, 0.3) is 10.0 Å². The number of hydrogen-bond donors (Lipinski definition) is 1. The predicted octanol–water partition coefficient (Wildman–Crippen LogP) is 7.70. The molecule has 1 N–H and O–H groups in total. The van der Waals surface area contributed by atoms with Gasteiger partial charge >= 0.3 is 0 Å². The summed E-state index contributed by atoms with van der Waals surface area (Å²) in [5.74, 6) is 0.148. The van der Waals surface area contributed by atoms with E-state index in [1.807, 2.05) is 32.0 Å². The quantitative estimate of drug-likeness (QED) is 0.147. The van der Waals surface area contributed by atoms with Gasteiger partial charge in [0.05, 0.1) is 10.6 Å². The minimum Gasteiger partial charge on any atom is -0.457 e. The van der Waals surface area contributed by atoms with Gasteiger partial charge in [-0.05, 0) is 80.4 Å². The molecule has 2 atom stereocenters. The SMILES string of the molecule is CC[C@@H](C)NC(=O)[C@@H](CC)N(Cc1c(Cl)cccc1Cl)C(=O)CN(c1ccc(Oc2ccccc2)cc1)S(=O)(=O)c1ccccc1. The molecule has 0 aliphatic carbocycles. The summed E-state index contributed by atoms with van der Waals surface area (Å²) < 4.78 is 35.1. The molecule has 0 fully saturated rings. The minimum absolute atomic E-state index is 0.00895. The van der Waals surface area contributed by atoms with Crippen molar-refractivity contribution in [3.8, 4) is 11.5 Å². The average Bonchev–Trinajstić information content (AvgIpc) is 3.06. The molecule has 0 saturated carbocycles. The molecule has 0 aliphatic heterocycles. The van der Waals surface area contributed by atoms with Crippen molar-refractivity contribution in [1.29, 1.82) is 0 Å². The molecule has 11 heteroatoms. The number of anilines is 1. The lowest BCUT2D eigenvalue weighted by atomic mass is 10.1. The van der Waals surface area contributed by atoms with Crippen LogP contribution in [0.5, 0.6) is 11.5 Å². The van der Waals surface area contributed by atoms with Crippen molar-refractivity contribution >= 4 is 50.7 Å². The van der Waals surface area contributed by atoms with Gasteiger partial charge in [0.15, 0.2) is 0 Å². The molecule has 4 aromatic carbocycles. The van der Waals surface area contributed by atoms with Crippen molar-refractivity contribution < 1.29 is 22.7 Å². The summed E-state index contributed by atoms with van der Waals surface area (Å²) in [6, 6.07) is 27.4. The first-order valence-electron chi connectivity index (χ1n) is 15.0. The molecule has 0 aromatic heterocycles. The van der Waals surface area contributed by atoms with Crippen LogP contribution in [-0.2, 0) is 26.2 Å². The Labute approximate surface area is 280 Å². The van der Waals surface area contributed by atoms with E-state index in [4.69, 9.17) is 27.9 Å². The molecule has 0 bridgehead atoms. The third kappa shape index (κ3) is 8.60. The number of hydrogen-bond acceptors (Lipinski definition) is 5. The van der Waals surface area contributed by atoms with Crippen LogP contribution in [0.15, 0.2) is 108 Å². The van der Waals surface area contributed by atoms with Crippen molar-refractivity contribution in [1.82, 2.24) is 10.2 Å². The maximum absolute atomic E-state index is 14.3. The number of nitrogens with zero attached hydrogens (tertiary/aromatic N) is 2. The fourth-order valence-corrected chi connectivity index (χ4v) is 6.72. The van der Waals surface area contributed by atoms with Gasteiger partial charge in [-0.15, -0.1) is 0 Å². The average molecular weight is 683 g/mol. The zero-order valence-corrected chi connectivity index (χ0v) is 28.2. The molecule has 0 unspecified atom stereocenters. The highest BCUT2D eigenvalue weighted by molar-refractivity contribution is 7.92. The topological polar surface area (TPSA) is 96.0 Å². The number of rotatable bonds is 14. The number of benzene rings is 4. The molecule has 0 radical (unpaired) electrons. The van der Waals surface area contributed by atoms with Crippen molar-refractivity contribution in [2.75, 3.05) is 10.8 Å². The van der Waals surface area contributed by atoms with Gasteiger partial charge in [-0.2, -0.15) is 0 Å². The van der Waals surface area contributed by atoms with Gasteiger partial charge in [-0.1, -0.05) is 79.5 Å². The first-order valence-corrected chi connectivity index (χ1v) is 17.2. The second-order valence-electron chi connectivity index (χ2n) is 10.7. The second kappa shape index (κ2) is 16.0. The summed E-state index contributed by atoms with van der Waals surface area (Å²) in [4.78, 5) is 29.2. The van der Waals surface area contributed by atoms with E-state index in [0.29, 0.717) is 33.5 Å². The largest absolute Gasteiger partial charge is 0.457 e. The zero-order valence-electron chi connectivity index (χ0n) is 25.9. The van der Waals surface area contributed by atoms with Crippen molar-refractivity contribution in [3.05, 3.63) is 119 Å². The van der Waals surface area contributed by atoms with Gasteiger partial charge in [-0.25, -0.2) is 8.42 Å². The normalized spacial score (nSPS) is 12.5. The Bertz CT molecular complexity index is 1700. The molecule has 46 heavy (non-hydrogen) atoms. The third-order valence-corrected chi connectivity index (χ3v) is 9.99. The summed E-state index contributed by atoms with van der Waals surface area (Å²) in [6.07, 6.45) is 0.965. The lowest BCUT2D eigenvalue weighted by Crippen LogP contribution is -2.53.